The summed E-state index contributed by atoms with van der Waals surface area (Å²) in [4.78, 5) is 14.2. The minimum atomic E-state index is -0.372. The van der Waals surface area contributed by atoms with Gasteiger partial charge in [-0.2, -0.15) is 0 Å². The Morgan fingerprint density at radius 3 is 3.17 bits per heavy atom. The molecular formula is C13H18N2O3. The maximum Gasteiger partial charge on any atom is 0.244 e. The number of rotatable bonds is 1. The zero-order chi connectivity index (χ0) is 12.7. The second-order valence-electron chi connectivity index (χ2n) is 5.10. The molecule has 0 saturated carbocycles. The Bertz CT molecular complexity index is 469. The Balaban J connectivity index is 1.83. The Hall–Kier alpha value is -1.33. The highest BCUT2D eigenvalue weighted by Gasteiger charge is 2.34. The van der Waals surface area contributed by atoms with Crippen LogP contribution in [-0.4, -0.2) is 41.7 Å². The first kappa shape index (κ1) is 11.7. The molecular weight excluding hydrogens is 232 g/mol. The molecule has 2 aliphatic rings. The molecule has 98 valence electrons. The number of amides is 1. The molecule has 0 radical (unpaired) electrons. The number of fused-ring (bicyclic) bond motifs is 1. The van der Waals surface area contributed by atoms with E-state index in [4.69, 9.17) is 4.42 Å². The fraction of sp³-hybridized carbons (Fsp3) is 0.615. The second-order valence-corrected chi connectivity index (χ2v) is 5.10. The minimum absolute atomic E-state index is 0.0494. The fourth-order valence-electron chi connectivity index (χ4n) is 2.81. The van der Waals surface area contributed by atoms with Gasteiger partial charge in [0, 0.05) is 31.6 Å². The van der Waals surface area contributed by atoms with Crippen LogP contribution in [0, 0.1) is 6.92 Å². The van der Waals surface area contributed by atoms with Gasteiger partial charge in [0.25, 0.3) is 0 Å². The molecule has 5 nitrogen and oxygen atoms in total. The molecule has 3 heterocycles. The SMILES string of the molecule is Cc1cc2c(o1)CCNC2C(=O)N1CCC(O)C1. The van der Waals surface area contributed by atoms with E-state index in [9.17, 15) is 9.90 Å². The highest BCUT2D eigenvalue weighted by atomic mass is 16.3. The molecule has 0 aromatic carbocycles. The summed E-state index contributed by atoms with van der Waals surface area (Å²) >= 11 is 0. The van der Waals surface area contributed by atoms with Crippen LogP contribution < -0.4 is 5.32 Å². The second kappa shape index (κ2) is 4.40. The van der Waals surface area contributed by atoms with Crippen LogP contribution in [0.25, 0.3) is 0 Å². The monoisotopic (exact) mass is 250 g/mol. The summed E-state index contributed by atoms with van der Waals surface area (Å²) in [5.41, 5.74) is 0.963. The van der Waals surface area contributed by atoms with Crippen LogP contribution in [0.4, 0.5) is 0 Å². The predicted octanol–water partition coefficient (Wildman–Crippen LogP) is 0.368. The number of aliphatic hydroxyl groups excluding tert-OH is 1. The van der Waals surface area contributed by atoms with Crippen molar-refractivity contribution in [1.29, 1.82) is 0 Å². The van der Waals surface area contributed by atoms with E-state index < -0.39 is 0 Å². The first-order valence-electron chi connectivity index (χ1n) is 6.44. The van der Waals surface area contributed by atoms with E-state index >= 15 is 0 Å². The van der Waals surface area contributed by atoms with E-state index in [1.54, 1.807) is 4.90 Å². The molecule has 2 atom stereocenters. The number of carbonyl (C=O) groups is 1. The number of β-amino-alcohol motifs (C(OH)–C–C–N with tert-alkyl or cyclic N) is 1. The van der Waals surface area contributed by atoms with Crippen LogP contribution in [0.5, 0.6) is 0 Å². The molecule has 0 bridgehead atoms. The number of aryl methyl sites for hydroxylation is 1. The molecule has 0 aliphatic carbocycles. The van der Waals surface area contributed by atoms with Gasteiger partial charge in [-0.25, -0.2) is 0 Å². The number of furan rings is 1. The molecule has 0 spiro atoms. The third-order valence-corrected chi connectivity index (χ3v) is 3.70. The summed E-state index contributed by atoms with van der Waals surface area (Å²) in [6, 6.07) is 1.63. The van der Waals surface area contributed by atoms with Gasteiger partial charge in [-0.3, -0.25) is 4.79 Å². The lowest BCUT2D eigenvalue weighted by Crippen LogP contribution is -2.42. The van der Waals surface area contributed by atoms with Crippen LogP contribution in [0.15, 0.2) is 10.5 Å². The minimum Gasteiger partial charge on any atom is -0.466 e. The quantitative estimate of drug-likeness (QED) is 0.755. The van der Waals surface area contributed by atoms with Gasteiger partial charge in [0.2, 0.25) is 5.91 Å². The summed E-state index contributed by atoms with van der Waals surface area (Å²) in [6.45, 7) is 3.75. The Morgan fingerprint density at radius 1 is 1.61 bits per heavy atom. The average molecular weight is 250 g/mol. The van der Waals surface area contributed by atoms with E-state index in [0.29, 0.717) is 19.5 Å². The van der Waals surface area contributed by atoms with Gasteiger partial charge in [0.15, 0.2) is 0 Å². The molecule has 2 N–H and O–H groups in total. The Kier molecular flexibility index (Phi) is 2.87. The van der Waals surface area contributed by atoms with Gasteiger partial charge in [0.05, 0.1) is 6.10 Å². The molecule has 1 amide bonds. The lowest BCUT2D eigenvalue weighted by Gasteiger charge is -2.26. The third kappa shape index (κ3) is 1.93. The van der Waals surface area contributed by atoms with Crippen molar-refractivity contribution >= 4 is 5.91 Å². The maximum absolute atomic E-state index is 12.4. The van der Waals surface area contributed by atoms with E-state index in [0.717, 1.165) is 30.0 Å². The van der Waals surface area contributed by atoms with Gasteiger partial charge in [-0.1, -0.05) is 0 Å². The van der Waals surface area contributed by atoms with Crippen molar-refractivity contribution in [3.63, 3.8) is 0 Å². The highest BCUT2D eigenvalue weighted by molar-refractivity contribution is 5.84. The normalized spacial score (nSPS) is 27.3. The first-order valence-corrected chi connectivity index (χ1v) is 6.44. The third-order valence-electron chi connectivity index (χ3n) is 3.70. The van der Waals surface area contributed by atoms with Crippen LogP contribution in [0.2, 0.25) is 0 Å². The highest BCUT2D eigenvalue weighted by Crippen LogP contribution is 2.28. The number of likely N-dealkylation sites (tertiary alicyclic amines) is 1. The van der Waals surface area contributed by atoms with Crippen molar-refractivity contribution in [2.45, 2.75) is 31.9 Å². The van der Waals surface area contributed by atoms with Gasteiger partial charge in [-0.05, 0) is 19.4 Å². The molecule has 1 fully saturated rings. The van der Waals surface area contributed by atoms with Crippen molar-refractivity contribution in [1.82, 2.24) is 10.2 Å². The van der Waals surface area contributed by atoms with Crippen molar-refractivity contribution in [3.05, 3.63) is 23.2 Å². The summed E-state index contributed by atoms with van der Waals surface area (Å²) in [5.74, 6) is 1.82. The zero-order valence-electron chi connectivity index (χ0n) is 10.5. The van der Waals surface area contributed by atoms with E-state index in [1.807, 2.05) is 13.0 Å². The molecule has 2 unspecified atom stereocenters. The first-order chi connectivity index (χ1) is 8.65. The lowest BCUT2D eigenvalue weighted by atomic mass is 10.0. The molecule has 5 heteroatoms. The number of hydrogen-bond acceptors (Lipinski definition) is 4. The molecule has 18 heavy (non-hydrogen) atoms. The largest absolute Gasteiger partial charge is 0.466 e. The Morgan fingerprint density at radius 2 is 2.44 bits per heavy atom. The van der Waals surface area contributed by atoms with Gasteiger partial charge >= 0.3 is 0 Å². The van der Waals surface area contributed by atoms with Crippen molar-refractivity contribution < 1.29 is 14.3 Å². The molecule has 2 aliphatic heterocycles. The van der Waals surface area contributed by atoms with Crippen LogP contribution in [0.1, 0.15) is 29.5 Å². The average Bonchev–Trinajstić information content (AvgIpc) is 2.92. The summed E-state index contributed by atoms with van der Waals surface area (Å²) in [5, 5.41) is 12.8. The van der Waals surface area contributed by atoms with Gasteiger partial charge in [0.1, 0.15) is 17.6 Å². The predicted molar refractivity (Wildman–Crippen MR) is 65.1 cm³/mol. The number of nitrogens with one attached hydrogen (secondary N) is 1. The molecule has 1 aromatic rings. The van der Waals surface area contributed by atoms with E-state index in [1.165, 1.54) is 0 Å². The van der Waals surface area contributed by atoms with Crippen LogP contribution in [0.3, 0.4) is 0 Å². The molecule has 1 saturated heterocycles. The topological polar surface area (TPSA) is 65.7 Å². The number of aliphatic hydroxyl groups is 1. The summed E-state index contributed by atoms with van der Waals surface area (Å²) in [6.07, 6.45) is 1.13. The molecule has 1 aromatic heterocycles. The Labute approximate surface area is 106 Å². The number of nitrogens with zero attached hydrogens (tertiary/aromatic N) is 1. The lowest BCUT2D eigenvalue weighted by molar-refractivity contribution is -0.133. The zero-order valence-corrected chi connectivity index (χ0v) is 10.5. The van der Waals surface area contributed by atoms with Crippen molar-refractivity contribution in [2.75, 3.05) is 19.6 Å². The smallest absolute Gasteiger partial charge is 0.244 e. The fourth-order valence-corrected chi connectivity index (χ4v) is 2.81. The van der Waals surface area contributed by atoms with Gasteiger partial charge < -0.3 is 19.7 Å². The number of hydrogen-bond donors (Lipinski definition) is 2. The number of carbonyl (C=O) groups excluding carboxylic acids is 1. The van der Waals surface area contributed by atoms with Crippen LogP contribution >= 0.6 is 0 Å². The van der Waals surface area contributed by atoms with Gasteiger partial charge in [-0.15, -0.1) is 0 Å². The van der Waals surface area contributed by atoms with Crippen molar-refractivity contribution in [3.8, 4) is 0 Å². The van der Waals surface area contributed by atoms with E-state index in [-0.39, 0.29) is 18.1 Å². The van der Waals surface area contributed by atoms with E-state index in [2.05, 4.69) is 5.32 Å². The van der Waals surface area contributed by atoms with Crippen molar-refractivity contribution in [2.24, 2.45) is 0 Å². The van der Waals surface area contributed by atoms with Crippen LogP contribution in [-0.2, 0) is 11.2 Å². The summed E-state index contributed by atoms with van der Waals surface area (Å²) < 4.78 is 5.61. The standard InChI is InChI=1S/C13H18N2O3/c1-8-6-10-11(18-8)2-4-14-12(10)13(17)15-5-3-9(16)7-15/h6,9,12,14,16H,2-5,7H2,1H3. The molecule has 3 rings (SSSR count). The summed E-state index contributed by atoms with van der Waals surface area (Å²) in [7, 11) is 0. The maximum atomic E-state index is 12.4.